The SMILES string of the molecule is C1CCN(CC2(CN3CCNCC3)CCCC2)C1. The third kappa shape index (κ3) is 3.06. The van der Waals surface area contributed by atoms with Crippen LogP contribution in [0.1, 0.15) is 38.5 Å². The van der Waals surface area contributed by atoms with Crippen molar-refractivity contribution in [3.05, 3.63) is 0 Å². The lowest BCUT2D eigenvalue weighted by atomic mass is 9.84. The number of rotatable bonds is 4. The van der Waals surface area contributed by atoms with Crippen LogP contribution in [0.15, 0.2) is 0 Å². The predicted octanol–water partition coefficient (Wildman–Crippen LogP) is 1.55. The molecule has 3 rings (SSSR count). The van der Waals surface area contributed by atoms with Gasteiger partial charge < -0.3 is 15.1 Å². The molecule has 0 spiro atoms. The highest BCUT2D eigenvalue weighted by molar-refractivity contribution is 4.91. The summed E-state index contributed by atoms with van der Waals surface area (Å²) in [4.78, 5) is 5.46. The third-order valence-electron chi connectivity index (χ3n) is 5.19. The molecule has 0 amide bonds. The average Bonchev–Trinajstić information content (AvgIpc) is 3.03. The van der Waals surface area contributed by atoms with E-state index in [0.717, 1.165) is 0 Å². The molecule has 1 N–H and O–H groups in total. The first-order valence-electron chi connectivity index (χ1n) is 8.02. The Balaban J connectivity index is 1.58. The lowest BCUT2D eigenvalue weighted by Gasteiger charge is -2.39. The van der Waals surface area contributed by atoms with Gasteiger partial charge in [-0.2, -0.15) is 0 Å². The lowest BCUT2D eigenvalue weighted by Crippen LogP contribution is -2.50. The normalized spacial score (nSPS) is 30.0. The van der Waals surface area contributed by atoms with Gasteiger partial charge in [0.25, 0.3) is 0 Å². The van der Waals surface area contributed by atoms with Gasteiger partial charge in [0.15, 0.2) is 0 Å². The van der Waals surface area contributed by atoms with Gasteiger partial charge in [-0.3, -0.25) is 0 Å². The van der Waals surface area contributed by atoms with Gasteiger partial charge in [0, 0.05) is 39.3 Å². The molecule has 2 saturated heterocycles. The zero-order chi connectivity index (χ0) is 12.3. The summed E-state index contributed by atoms with van der Waals surface area (Å²) < 4.78 is 0. The molecule has 0 aromatic heterocycles. The Morgan fingerprint density at radius 1 is 0.722 bits per heavy atom. The molecule has 2 heterocycles. The summed E-state index contributed by atoms with van der Waals surface area (Å²) in [7, 11) is 0. The monoisotopic (exact) mass is 251 g/mol. The first-order valence-corrected chi connectivity index (χ1v) is 8.02. The lowest BCUT2D eigenvalue weighted by molar-refractivity contribution is 0.0996. The molecular weight excluding hydrogens is 222 g/mol. The van der Waals surface area contributed by atoms with Gasteiger partial charge in [-0.1, -0.05) is 12.8 Å². The van der Waals surface area contributed by atoms with Gasteiger partial charge >= 0.3 is 0 Å². The molecule has 18 heavy (non-hydrogen) atoms. The number of nitrogens with zero attached hydrogens (tertiary/aromatic N) is 2. The molecule has 1 saturated carbocycles. The van der Waals surface area contributed by atoms with Crippen molar-refractivity contribution in [2.24, 2.45) is 5.41 Å². The van der Waals surface area contributed by atoms with Crippen LogP contribution in [-0.2, 0) is 0 Å². The van der Waals surface area contributed by atoms with Crippen LogP contribution in [0.3, 0.4) is 0 Å². The Morgan fingerprint density at radius 3 is 1.89 bits per heavy atom. The minimum atomic E-state index is 0.641. The molecular formula is C15H29N3. The smallest absolute Gasteiger partial charge is 0.0108 e. The second-order valence-electron chi connectivity index (χ2n) is 6.72. The summed E-state index contributed by atoms with van der Waals surface area (Å²) in [6.45, 7) is 10.4. The van der Waals surface area contributed by atoms with E-state index < -0.39 is 0 Å². The minimum absolute atomic E-state index is 0.641. The number of hydrogen-bond donors (Lipinski definition) is 1. The van der Waals surface area contributed by atoms with Crippen molar-refractivity contribution in [2.75, 3.05) is 52.4 Å². The van der Waals surface area contributed by atoms with Crippen LogP contribution in [0.25, 0.3) is 0 Å². The Labute approximate surface area is 112 Å². The molecule has 3 aliphatic rings. The maximum absolute atomic E-state index is 3.47. The van der Waals surface area contributed by atoms with Gasteiger partial charge in [0.05, 0.1) is 0 Å². The number of piperazine rings is 1. The summed E-state index contributed by atoms with van der Waals surface area (Å²) in [6, 6.07) is 0. The Hall–Kier alpha value is -0.120. The van der Waals surface area contributed by atoms with Crippen molar-refractivity contribution in [3.63, 3.8) is 0 Å². The highest BCUT2D eigenvalue weighted by atomic mass is 15.2. The molecule has 3 nitrogen and oxygen atoms in total. The van der Waals surface area contributed by atoms with E-state index in [-0.39, 0.29) is 0 Å². The quantitative estimate of drug-likeness (QED) is 0.818. The van der Waals surface area contributed by atoms with Crippen molar-refractivity contribution in [1.82, 2.24) is 15.1 Å². The second-order valence-corrected chi connectivity index (χ2v) is 6.72. The zero-order valence-electron chi connectivity index (χ0n) is 11.8. The van der Waals surface area contributed by atoms with Crippen LogP contribution in [0, 0.1) is 5.41 Å². The fourth-order valence-corrected chi connectivity index (χ4v) is 4.25. The number of hydrogen-bond acceptors (Lipinski definition) is 3. The van der Waals surface area contributed by atoms with Crippen LogP contribution in [-0.4, -0.2) is 62.2 Å². The molecule has 0 unspecified atom stereocenters. The third-order valence-corrected chi connectivity index (χ3v) is 5.19. The Kier molecular flexibility index (Phi) is 4.22. The number of likely N-dealkylation sites (tertiary alicyclic amines) is 1. The number of nitrogens with one attached hydrogen (secondary N) is 1. The van der Waals surface area contributed by atoms with Crippen LogP contribution >= 0.6 is 0 Å². The van der Waals surface area contributed by atoms with Gasteiger partial charge in [0.1, 0.15) is 0 Å². The first-order chi connectivity index (χ1) is 8.86. The van der Waals surface area contributed by atoms with E-state index in [1.165, 1.54) is 90.9 Å². The molecule has 2 aliphatic heterocycles. The molecule has 0 atom stereocenters. The van der Waals surface area contributed by atoms with Crippen LogP contribution in [0.5, 0.6) is 0 Å². The van der Waals surface area contributed by atoms with Gasteiger partial charge in [-0.25, -0.2) is 0 Å². The fraction of sp³-hybridized carbons (Fsp3) is 1.00. The minimum Gasteiger partial charge on any atom is -0.314 e. The summed E-state index contributed by atoms with van der Waals surface area (Å²) in [5, 5.41) is 3.47. The van der Waals surface area contributed by atoms with Gasteiger partial charge in [-0.15, -0.1) is 0 Å². The van der Waals surface area contributed by atoms with Crippen molar-refractivity contribution in [2.45, 2.75) is 38.5 Å². The maximum Gasteiger partial charge on any atom is 0.0108 e. The first kappa shape index (κ1) is 12.9. The topological polar surface area (TPSA) is 18.5 Å². The predicted molar refractivity (Wildman–Crippen MR) is 75.9 cm³/mol. The Bertz CT molecular complexity index is 248. The van der Waals surface area contributed by atoms with E-state index in [1.807, 2.05) is 0 Å². The molecule has 0 aromatic carbocycles. The van der Waals surface area contributed by atoms with Crippen LogP contribution in [0.4, 0.5) is 0 Å². The van der Waals surface area contributed by atoms with E-state index in [0.29, 0.717) is 5.41 Å². The van der Waals surface area contributed by atoms with Crippen molar-refractivity contribution >= 4 is 0 Å². The van der Waals surface area contributed by atoms with E-state index in [2.05, 4.69) is 15.1 Å². The molecule has 0 bridgehead atoms. The van der Waals surface area contributed by atoms with Crippen molar-refractivity contribution in [3.8, 4) is 0 Å². The van der Waals surface area contributed by atoms with Crippen LogP contribution < -0.4 is 5.32 Å². The molecule has 1 aliphatic carbocycles. The molecule has 3 heteroatoms. The molecule has 0 aromatic rings. The van der Waals surface area contributed by atoms with E-state index in [4.69, 9.17) is 0 Å². The Morgan fingerprint density at radius 2 is 1.28 bits per heavy atom. The van der Waals surface area contributed by atoms with Gasteiger partial charge in [-0.05, 0) is 44.2 Å². The summed E-state index contributed by atoms with van der Waals surface area (Å²) in [5.74, 6) is 0. The van der Waals surface area contributed by atoms with E-state index in [1.54, 1.807) is 0 Å². The van der Waals surface area contributed by atoms with Crippen molar-refractivity contribution in [1.29, 1.82) is 0 Å². The maximum atomic E-state index is 3.47. The standard InChI is InChI=1S/C15H29N3/c1-2-6-15(5-1,13-17-9-3-4-10-17)14-18-11-7-16-8-12-18/h16H,1-14H2. The highest BCUT2D eigenvalue weighted by Gasteiger charge is 2.37. The second kappa shape index (κ2) is 5.89. The summed E-state index contributed by atoms with van der Waals surface area (Å²) in [5.41, 5.74) is 0.641. The van der Waals surface area contributed by atoms with Gasteiger partial charge in [0.2, 0.25) is 0 Å². The fourth-order valence-electron chi connectivity index (χ4n) is 4.25. The van der Waals surface area contributed by atoms with Crippen molar-refractivity contribution < 1.29 is 0 Å². The van der Waals surface area contributed by atoms with E-state index in [9.17, 15) is 0 Å². The summed E-state index contributed by atoms with van der Waals surface area (Å²) in [6.07, 6.45) is 8.77. The average molecular weight is 251 g/mol. The highest BCUT2D eigenvalue weighted by Crippen LogP contribution is 2.40. The molecule has 0 radical (unpaired) electrons. The van der Waals surface area contributed by atoms with E-state index >= 15 is 0 Å². The summed E-state index contributed by atoms with van der Waals surface area (Å²) >= 11 is 0. The molecule has 3 fully saturated rings. The molecule has 104 valence electrons. The largest absolute Gasteiger partial charge is 0.314 e. The zero-order valence-corrected chi connectivity index (χ0v) is 11.8. The van der Waals surface area contributed by atoms with Crippen LogP contribution in [0.2, 0.25) is 0 Å².